The van der Waals surface area contributed by atoms with Crippen LogP contribution in [0.5, 0.6) is 0 Å². The number of nitrogens with one attached hydrogen (secondary N) is 6. The van der Waals surface area contributed by atoms with Crippen LogP contribution in [0, 0.1) is 17.0 Å². The molecule has 81 heavy (non-hydrogen) atoms. The number of carbonyl (C=O) groups excluding carboxylic acids is 6. The molecule has 0 aliphatic carbocycles. The van der Waals surface area contributed by atoms with Gasteiger partial charge in [-0.1, -0.05) is 6.07 Å². The number of ether oxygens (including phenoxy) is 6. The van der Waals surface area contributed by atoms with Crippen LogP contribution in [-0.2, 0) is 49.2 Å². The Morgan fingerprint density at radius 2 is 1.33 bits per heavy atom. The zero-order valence-electron chi connectivity index (χ0n) is 45.1. The van der Waals surface area contributed by atoms with Gasteiger partial charge in [0, 0.05) is 99.3 Å². The van der Waals surface area contributed by atoms with Gasteiger partial charge < -0.3 is 60.3 Å². The molecule has 0 bridgehead atoms. The van der Waals surface area contributed by atoms with E-state index in [0.29, 0.717) is 147 Å². The van der Waals surface area contributed by atoms with Crippen LogP contribution in [0.1, 0.15) is 73.4 Å². The lowest BCUT2D eigenvalue weighted by Gasteiger charge is -2.36. The van der Waals surface area contributed by atoms with E-state index < -0.39 is 47.2 Å². The van der Waals surface area contributed by atoms with Crippen molar-refractivity contribution in [3.05, 3.63) is 118 Å². The number of amides is 6. The highest BCUT2D eigenvalue weighted by Crippen LogP contribution is 2.31. The number of carbonyl (C=O) groups is 6. The molecule has 0 aromatic heterocycles. The predicted octanol–water partition coefficient (Wildman–Crippen LogP) is 3.32. The summed E-state index contributed by atoms with van der Waals surface area (Å²) in [7, 11) is 0. The van der Waals surface area contributed by atoms with Gasteiger partial charge in [-0.25, -0.2) is 8.78 Å². The fourth-order valence-electron chi connectivity index (χ4n) is 9.75. The fraction of sp³-hybridized carbons (Fsp3) is 0.456. The molecule has 8 N–H and O–H groups in total. The Bertz CT molecular complexity index is 2860. The number of rotatable bonds is 29. The zero-order chi connectivity index (χ0) is 57.1. The van der Waals surface area contributed by atoms with Crippen LogP contribution >= 0.6 is 0 Å². The Labute approximate surface area is 468 Å². The minimum atomic E-state index is -1.01. The van der Waals surface area contributed by atoms with Crippen molar-refractivity contribution in [2.75, 3.05) is 146 Å². The van der Waals surface area contributed by atoms with Crippen LogP contribution in [0.15, 0.2) is 72.8 Å². The molecule has 3 saturated heterocycles. The number of benzene rings is 4. The number of fused-ring (bicyclic) bond motifs is 1. The maximum Gasteiger partial charge on any atom is 0.262 e. The van der Waals surface area contributed by atoms with Gasteiger partial charge in [0.25, 0.3) is 17.7 Å². The van der Waals surface area contributed by atoms with Crippen molar-refractivity contribution in [1.82, 2.24) is 25.8 Å². The number of anilines is 4. The van der Waals surface area contributed by atoms with Crippen LogP contribution in [0.4, 0.5) is 31.5 Å². The van der Waals surface area contributed by atoms with Crippen LogP contribution in [0.2, 0.25) is 0 Å². The van der Waals surface area contributed by atoms with Crippen molar-refractivity contribution >= 4 is 64.0 Å². The van der Waals surface area contributed by atoms with Crippen molar-refractivity contribution in [2.45, 2.75) is 44.2 Å². The maximum atomic E-state index is 13.9. The van der Waals surface area contributed by atoms with Crippen molar-refractivity contribution in [3.8, 4) is 0 Å². The molecule has 6 amide bonds. The number of nitrogens with zero attached hydrogens (tertiary/aromatic N) is 3. The lowest BCUT2D eigenvalue weighted by molar-refractivity contribution is -0.136. The van der Waals surface area contributed by atoms with Crippen molar-refractivity contribution in [2.24, 2.45) is 0 Å². The molecular weight excluding hydrogens is 1050 g/mol. The van der Waals surface area contributed by atoms with Gasteiger partial charge in [-0.3, -0.25) is 49.3 Å². The highest BCUT2D eigenvalue weighted by atomic mass is 19.1. The minimum Gasteiger partial charge on any atom is -0.398 e. The second-order valence-corrected chi connectivity index (χ2v) is 19.8. The monoisotopic (exact) mass is 1120 g/mol. The standard InChI is InChI=1S/C57H70F2N10O12/c58-39-30-38(31-40(59)33-39)29-37-1-6-48(60)47(32-37)53(61)66-54(72)45-5-3-43(35-49(45)64-41-9-17-76-18-10-41)68-15-13-67(14-16-68)36-52(71)63-12-20-78-22-24-80-26-28-81-27-25-79-23-21-77-19-11-62-42-2-4-44-46(34-42)57(75)69(56(44)74)50-7-8-51(70)65-55(50)73/h1-6,30-35,41,50,62,64H,7-29,36,60H2,(H,63,71)(H2,61,66,72)(H,65,70,73). The second kappa shape index (κ2) is 29.8. The van der Waals surface area contributed by atoms with E-state index in [2.05, 4.69) is 36.4 Å². The van der Waals surface area contributed by atoms with E-state index in [1.54, 1.807) is 42.5 Å². The van der Waals surface area contributed by atoms with E-state index in [1.165, 1.54) is 12.1 Å². The van der Waals surface area contributed by atoms with Gasteiger partial charge in [0.15, 0.2) is 0 Å². The Balaban J connectivity index is 0.638. The molecule has 4 aromatic carbocycles. The third kappa shape index (κ3) is 17.3. The third-order valence-corrected chi connectivity index (χ3v) is 14.0. The van der Waals surface area contributed by atoms with Crippen LogP contribution in [0.3, 0.4) is 0 Å². The predicted molar refractivity (Wildman–Crippen MR) is 296 cm³/mol. The first kappa shape index (κ1) is 59.7. The number of nitrogen functional groups attached to an aromatic ring is 1. The number of halogens is 2. The van der Waals surface area contributed by atoms with Crippen molar-refractivity contribution < 1.29 is 66.0 Å². The van der Waals surface area contributed by atoms with E-state index in [-0.39, 0.29) is 66.0 Å². The van der Waals surface area contributed by atoms with Crippen LogP contribution in [-0.4, -0.2) is 188 Å². The molecule has 434 valence electrons. The smallest absolute Gasteiger partial charge is 0.262 e. The fourth-order valence-corrected chi connectivity index (χ4v) is 9.75. The molecule has 0 radical (unpaired) electrons. The molecule has 0 saturated carbocycles. The summed E-state index contributed by atoms with van der Waals surface area (Å²) in [5.41, 5.74) is 10.8. The molecule has 22 nitrogen and oxygen atoms in total. The molecule has 0 spiro atoms. The molecule has 24 heteroatoms. The van der Waals surface area contributed by atoms with Gasteiger partial charge in [0.05, 0.1) is 89.3 Å². The Morgan fingerprint density at radius 1 is 0.691 bits per heavy atom. The van der Waals surface area contributed by atoms with Crippen LogP contribution in [0.25, 0.3) is 0 Å². The first-order valence-electron chi connectivity index (χ1n) is 27.2. The molecule has 8 rings (SSSR count). The second-order valence-electron chi connectivity index (χ2n) is 19.8. The van der Waals surface area contributed by atoms with E-state index >= 15 is 0 Å². The lowest BCUT2D eigenvalue weighted by Crippen LogP contribution is -2.54. The number of hydrogen-bond donors (Lipinski definition) is 7. The third-order valence-electron chi connectivity index (χ3n) is 14.0. The van der Waals surface area contributed by atoms with Crippen molar-refractivity contribution in [3.63, 3.8) is 0 Å². The minimum absolute atomic E-state index is 0.0566. The summed E-state index contributed by atoms with van der Waals surface area (Å²) < 4.78 is 61.2. The number of amidine groups is 1. The molecule has 4 aliphatic heterocycles. The summed E-state index contributed by atoms with van der Waals surface area (Å²) in [6, 6.07) is 17.7. The Kier molecular flexibility index (Phi) is 22.0. The number of nitrogens with two attached hydrogens (primary N) is 1. The molecule has 4 heterocycles. The lowest BCUT2D eigenvalue weighted by atomic mass is 10.0. The van der Waals surface area contributed by atoms with E-state index in [4.69, 9.17) is 39.6 Å². The molecular formula is C57H70F2N10O12. The first-order valence-corrected chi connectivity index (χ1v) is 27.2. The normalized spacial score (nSPS) is 16.8. The highest BCUT2D eigenvalue weighted by Gasteiger charge is 2.44. The number of piperidine rings is 1. The topological polar surface area (TPSA) is 278 Å². The summed E-state index contributed by atoms with van der Waals surface area (Å²) in [5, 5.41) is 23.3. The number of hydrogen-bond acceptors (Lipinski definition) is 18. The van der Waals surface area contributed by atoms with E-state index in [9.17, 15) is 37.5 Å². The molecule has 4 aromatic rings. The quantitative estimate of drug-likeness (QED) is 0.0135. The summed E-state index contributed by atoms with van der Waals surface area (Å²) in [6.45, 7) is 8.64. The summed E-state index contributed by atoms with van der Waals surface area (Å²) in [4.78, 5) is 81.7. The number of imide groups is 2. The first-order chi connectivity index (χ1) is 39.3. The van der Waals surface area contributed by atoms with Gasteiger partial charge in [-0.2, -0.15) is 0 Å². The SMILES string of the molecule is N=C(NC(=O)c1ccc(N2CCN(CC(=O)NCCOCCOCCOCCOCCOCCNc3ccc4c(c3)C(=O)N(C3CCC(=O)NC3=O)C4=O)CC2)cc1NC1CCOCC1)c1cc(Cc2cc(F)cc(F)c2)ccc1N. The Hall–Kier alpha value is -7.45. The van der Waals surface area contributed by atoms with Crippen molar-refractivity contribution in [1.29, 1.82) is 5.41 Å². The zero-order valence-corrected chi connectivity index (χ0v) is 45.1. The Morgan fingerprint density at radius 3 is 2.00 bits per heavy atom. The van der Waals surface area contributed by atoms with Gasteiger partial charge in [-0.15, -0.1) is 0 Å². The van der Waals surface area contributed by atoms with Gasteiger partial charge in [0.2, 0.25) is 17.7 Å². The van der Waals surface area contributed by atoms with Crippen LogP contribution < -0.4 is 37.2 Å². The largest absolute Gasteiger partial charge is 0.398 e. The average molecular weight is 1130 g/mol. The summed E-state index contributed by atoms with van der Waals surface area (Å²) >= 11 is 0. The van der Waals surface area contributed by atoms with E-state index in [1.807, 2.05) is 12.1 Å². The molecule has 3 fully saturated rings. The highest BCUT2D eigenvalue weighted by molar-refractivity contribution is 6.23. The summed E-state index contributed by atoms with van der Waals surface area (Å²) in [5.74, 6) is -4.37. The summed E-state index contributed by atoms with van der Waals surface area (Å²) in [6.07, 6.45) is 1.88. The van der Waals surface area contributed by atoms with Gasteiger partial charge in [-0.05, 0) is 97.5 Å². The molecule has 1 unspecified atom stereocenters. The van der Waals surface area contributed by atoms with E-state index in [0.717, 1.165) is 29.5 Å². The maximum absolute atomic E-state index is 13.9. The molecule has 4 aliphatic rings. The average Bonchev–Trinajstić information content (AvgIpc) is 3.79. The van der Waals surface area contributed by atoms with Gasteiger partial charge >= 0.3 is 0 Å². The molecule has 1 atom stereocenters. The van der Waals surface area contributed by atoms with Gasteiger partial charge in [0.1, 0.15) is 23.5 Å². The number of piperazine rings is 1.